The van der Waals surface area contributed by atoms with Crippen LogP contribution in [-0.2, 0) is 5.41 Å². The van der Waals surface area contributed by atoms with Gasteiger partial charge in [0.2, 0.25) is 0 Å². The van der Waals surface area contributed by atoms with Gasteiger partial charge in [0, 0.05) is 5.41 Å². The number of hydrogen-bond donors (Lipinski definition) is 0. The van der Waals surface area contributed by atoms with E-state index in [9.17, 15) is 0 Å². The van der Waals surface area contributed by atoms with Crippen LogP contribution in [0.1, 0.15) is 53.5 Å². The zero-order valence-electron chi connectivity index (χ0n) is 13.3. The molecule has 0 heteroatoms. The second kappa shape index (κ2) is 6.23. The first-order chi connectivity index (χ1) is 8.90. The van der Waals surface area contributed by atoms with Gasteiger partial charge in [0.05, 0.1) is 0 Å². The average molecular weight is 256 g/mol. The van der Waals surface area contributed by atoms with E-state index >= 15 is 0 Å². The molecule has 19 heavy (non-hydrogen) atoms. The van der Waals surface area contributed by atoms with E-state index in [4.69, 9.17) is 0 Å². The van der Waals surface area contributed by atoms with Gasteiger partial charge in [0.25, 0.3) is 0 Å². The van der Waals surface area contributed by atoms with Gasteiger partial charge in [-0.25, -0.2) is 0 Å². The minimum absolute atomic E-state index is 0.128. The summed E-state index contributed by atoms with van der Waals surface area (Å²) in [7, 11) is 0. The van der Waals surface area contributed by atoms with Crippen LogP contribution in [0.4, 0.5) is 0 Å². The molecule has 0 radical (unpaired) electrons. The Morgan fingerprint density at radius 1 is 1.11 bits per heavy atom. The Hall–Kier alpha value is -1.30. The molecule has 0 saturated carbocycles. The van der Waals surface area contributed by atoms with Crippen LogP contribution in [0.25, 0.3) is 0 Å². The van der Waals surface area contributed by atoms with Gasteiger partial charge in [-0.05, 0) is 31.2 Å². The van der Waals surface area contributed by atoms with Gasteiger partial charge in [-0.2, -0.15) is 0 Å². The van der Waals surface area contributed by atoms with Gasteiger partial charge in [0.15, 0.2) is 0 Å². The van der Waals surface area contributed by atoms with Crippen molar-refractivity contribution in [2.45, 2.75) is 53.4 Å². The van der Waals surface area contributed by atoms with Crippen molar-refractivity contribution in [3.05, 3.63) is 59.7 Å². The number of allylic oxidation sites excluding steroid dienone is 4. The van der Waals surface area contributed by atoms with Crippen molar-refractivity contribution in [3.63, 3.8) is 0 Å². The minimum Gasteiger partial charge on any atom is -0.0877 e. The van der Waals surface area contributed by atoms with Gasteiger partial charge < -0.3 is 0 Å². The minimum atomic E-state index is 0.128. The summed E-state index contributed by atoms with van der Waals surface area (Å²) in [5.74, 6) is 0. The summed E-state index contributed by atoms with van der Waals surface area (Å²) < 4.78 is 0. The molecular weight excluding hydrogens is 228 g/mol. The predicted octanol–water partition coefficient (Wildman–Crippen LogP) is 5.90. The molecule has 1 atom stereocenters. The molecule has 1 rings (SSSR count). The molecule has 0 N–H and O–H groups in total. The molecule has 0 amide bonds. The maximum atomic E-state index is 2.38. The van der Waals surface area contributed by atoms with Crippen molar-refractivity contribution in [1.29, 1.82) is 0 Å². The largest absolute Gasteiger partial charge is 0.0877 e. The van der Waals surface area contributed by atoms with Crippen molar-refractivity contribution in [2.75, 3.05) is 0 Å². The third kappa shape index (κ3) is 3.00. The van der Waals surface area contributed by atoms with E-state index in [1.807, 2.05) is 0 Å². The molecule has 104 valence electrons. The van der Waals surface area contributed by atoms with Gasteiger partial charge in [-0.3, -0.25) is 0 Å². The third-order valence-corrected chi connectivity index (χ3v) is 5.02. The molecule has 0 fully saturated rings. The molecule has 0 spiro atoms. The first kappa shape index (κ1) is 15.8. The molecule has 0 bridgehead atoms. The molecule has 1 unspecified atom stereocenters. The van der Waals surface area contributed by atoms with Crippen molar-refractivity contribution >= 4 is 0 Å². The normalized spacial score (nSPS) is 16.6. The van der Waals surface area contributed by atoms with Gasteiger partial charge in [-0.1, -0.05) is 81.8 Å². The van der Waals surface area contributed by atoms with E-state index in [0.717, 1.165) is 6.42 Å². The Labute approximate surface area is 119 Å². The molecule has 1 aromatic carbocycles. The molecule has 0 nitrogen and oxygen atoms in total. The lowest BCUT2D eigenvalue weighted by Crippen LogP contribution is -2.39. The summed E-state index contributed by atoms with van der Waals surface area (Å²) in [4.78, 5) is 0. The van der Waals surface area contributed by atoms with E-state index < -0.39 is 0 Å². The van der Waals surface area contributed by atoms with E-state index in [1.165, 1.54) is 11.1 Å². The maximum Gasteiger partial charge on any atom is 0.00104 e. The SMILES string of the molecule is C/C=C\C=C(/C)C(C)(C)C(C)(CC)c1ccccc1. The van der Waals surface area contributed by atoms with Crippen LogP contribution in [0, 0.1) is 5.41 Å². The Morgan fingerprint density at radius 3 is 2.16 bits per heavy atom. The van der Waals surface area contributed by atoms with E-state index in [1.54, 1.807) is 0 Å². The Balaban J connectivity index is 3.28. The fraction of sp³-hybridized carbons (Fsp3) is 0.474. The standard InChI is InChI=1S/C19H28/c1-7-9-13-16(3)18(4,5)19(6,8-2)17-14-11-10-12-15-17/h7,9-15H,8H2,1-6H3/b9-7-,16-13+. The van der Waals surface area contributed by atoms with Crippen LogP contribution < -0.4 is 0 Å². The van der Waals surface area contributed by atoms with Crippen LogP contribution in [0.3, 0.4) is 0 Å². The van der Waals surface area contributed by atoms with E-state index in [-0.39, 0.29) is 10.8 Å². The average Bonchev–Trinajstić information content (AvgIpc) is 2.44. The highest BCUT2D eigenvalue weighted by Crippen LogP contribution is 2.48. The topological polar surface area (TPSA) is 0 Å². The Bertz CT molecular complexity index is 448. The Morgan fingerprint density at radius 2 is 1.68 bits per heavy atom. The molecule has 0 aliphatic rings. The fourth-order valence-corrected chi connectivity index (χ4v) is 2.70. The third-order valence-electron chi connectivity index (χ3n) is 5.02. The summed E-state index contributed by atoms with van der Waals surface area (Å²) >= 11 is 0. The molecule has 0 saturated heterocycles. The first-order valence-corrected chi connectivity index (χ1v) is 7.25. The molecule has 0 aromatic heterocycles. The Kier molecular flexibility index (Phi) is 5.17. The lowest BCUT2D eigenvalue weighted by atomic mass is 9.58. The summed E-state index contributed by atoms with van der Waals surface area (Å²) in [6, 6.07) is 10.9. The van der Waals surface area contributed by atoms with Gasteiger partial charge in [0.1, 0.15) is 0 Å². The second-order valence-corrected chi connectivity index (χ2v) is 6.05. The summed E-state index contributed by atoms with van der Waals surface area (Å²) in [5.41, 5.74) is 3.13. The zero-order valence-corrected chi connectivity index (χ0v) is 13.3. The highest BCUT2D eigenvalue weighted by molar-refractivity contribution is 5.33. The molecule has 0 aliphatic heterocycles. The van der Waals surface area contributed by atoms with Crippen LogP contribution in [-0.4, -0.2) is 0 Å². The van der Waals surface area contributed by atoms with Crippen LogP contribution in [0.15, 0.2) is 54.1 Å². The lowest BCUT2D eigenvalue weighted by Gasteiger charge is -2.45. The number of benzene rings is 1. The molecular formula is C19H28. The summed E-state index contributed by atoms with van der Waals surface area (Å²) in [5, 5.41) is 0. The zero-order chi connectivity index (χ0) is 14.5. The first-order valence-electron chi connectivity index (χ1n) is 7.25. The number of hydrogen-bond acceptors (Lipinski definition) is 0. The van der Waals surface area contributed by atoms with Gasteiger partial charge >= 0.3 is 0 Å². The maximum absolute atomic E-state index is 2.38. The lowest BCUT2D eigenvalue weighted by molar-refractivity contribution is 0.217. The quantitative estimate of drug-likeness (QED) is 0.575. The van der Waals surface area contributed by atoms with Crippen LogP contribution in [0.2, 0.25) is 0 Å². The summed E-state index contributed by atoms with van der Waals surface area (Å²) in [6.45, 7) is 13.7. The molecule has 1 aromatic rings. The van der Waals surface area contributed by atoms with Crippen LogP contribution >= 0.6 is 0 Å². The summed E-state index contributed by atoms with van der Waals surface area (Å²) in [6.07, 6.45) is 7.60. The molecule has 0 aliphatic carbocycles. The van der Waals surface area contributed by atoms with Crippen molar-refractivity contribution in [2.24, 2.45) is 5.41 Å². The monoisotopic (exact) mass is 256 g/mol. The highest BCUT2D eigenvalue weighted by atomic mass is 14.4. The molecule has 0 heterocycles. The predicted molar refractivity (Wildman–Crippen MR) is 86.4 cm³/mol. The van der Waals surface area contributed by atoms with Crippen molar-refractivity contribution in [1.82, 2.24) is 0 Å². The van der Waals surface area contributed by atoms with E-state index in [2.05, 4.69) is 90.1 Å². The fourth-order valence-electron chi connectivity index (χ4n) is 2.70. The van der Waals surface area contributed by atoms with E-state index in [0.29, 0.717) is 0 Å². The highest BCUT2D eigenvalue weighted by Gasteiger charge is 2.41. The van der Waals surface area contributed by atoms with Crippen LogP contribution in [0.5, 0.6) is 0 Å². The van der Waals surface area contributed by atoms with Gasteiger partial charge in [-0.15, -0.1) is 0 Å². The van der Waals surface area contributed by atoms with Crippen molar-refractivity contribution < 1.29 is 0 Å². The number of rotatable bonds is 5. The smallest absolute Gasteiger partial charge is 0.00104 e. The van der Waals surface area contributed by atoms with Crippen molar-refractivity contribution in [3.8, 4) is 0 Å². The second-order valence-electron chi connectivity index (χ2n) is 6.05.